The van der Waals surface area contributed by atoms with Crippen LogP contribution in [-0.4, -0.2) is 30.2 Å². The molecular formula is C13H11ClN8O2S. The Balaban J connectivity index is 2.14. The first-order chi connectivity index (χ1) is 11.8. The summed E-state index contributed by atoms with van der Waals surface area (Å²) < 4.78 is 26.8. The molecule has 0 amide bonds. The monoisotopic (exact) mass is 378 g/mol. The molecule has 0 radical (unpaired) electrons. The number of nitrogens with one attached hydrogen (secondary N) is 3. The molecule has 0 atom stereocenters. The first kappa shape index (κ1) is 18.1. The van der Waals surface area contributed by atoms with Crippen molar-refractivity contribution < 1.29 is 8.42 Å². The van der Waals surface area contributed by atoms with Crippen LogP contribution in [0, 0.1) is 16.7 Å². The summed E-state index contributed by atoms with van der Waals surface area (Å²) in [6.45, 7) is 0. The first-order valence-corrected chi connectivity index (χ1v) is 8.38. The highest BCUT2D eigenvalue weighted by Gasteiger charge is 2.15. The molecule has 1 heterocycles. The molecule has 5 N–H and O–H groups in total. The third kappa shape index (κ3) is 4.87. The summed E-state index contributed by atoms with van der Waals surface area (Å²) in [4.78, 5) is -0.0224. The SMILES string of the molecule is N#C/C(=N\Nc1ccc(S(=O)(=O)Nc2ccc(Cl)nn2)cc1)C(=N)N. The van der Waals surface area contributed by atoms with E-state index in [0.29, 0.717) is 5.69 Å². The quantitative estimate of drug-likeness (QED) is 0.331. The maximum Gasteiger partial charge on any atom is 0.263 e. The molecule has 0 saturated heterocycles. The maximum absolute atomic E-state index is 12.3. The van der Waals surface area contributed by atoms with Gasteiger partial charge in [0, 0.05) is 0 Å². The van der Waals surface area contributed by atoms with Crippen LogP contribution in [0.5, 0.6) is 0 Å². The van der Waals surface area contributed by atoms with Gasteiger partial charge in [-0.05, 0) is 36.4 Å². The van der Waals surface area contributed by atoms with Gasteiger partial charge in [-0.1, -0.05) is 11.6 Å². The van der Waals surface area contributed by atoms with Gasteiger partial charge in [-0.25, -0.2) is 8.42 Å². The third-order valence-corrected chi connectivity index (χ3v) is 4.27. The fourth-order valence-electron chi connectivity index (χ4n) is 1.54. The summed E-state index contributed by atoms with van der Waals surface area (Å²) in [7, 11) is -3.86. The third-order valence-electron chi connectivity index (χ3n) is 2.69. The predicted octanol–water partition coefficient (Wildman–Crippen LogP) is 1.16. The van der Waals surface area contributed by atoms with E-state index in [1.807, 2.05) is 0 Å². The van der Waals surface area contributed by atoms with Crippen LogP contribution < -0.4 is 15.9 Å². The van der Waals surface area contributed by atoms with Crippen LogP contribution in [0.2, 0.25) is 5.15 Å². The van der Waals surface area contributed by atoms with E-state index in [2.05, 4.69) is 25.4 Å². The average molecular weight is 379 g/mol. The normalized spacial score (nSPS) is 11.4. The minimum absolute atomic E-state index is 0.0224. The Morgan fingerprint density at radius 3 is 2.44 bits per heavy atom. The van der Waals surface area contributed by atoms with Crippen molar-refractivity contribution in [1.82, 2.24) is 10.2 Å². The van der Waals surface area contributed by atoms with Crippen LogP contribution in [0.4, 0.5) is 11.5 Å². The average Bonchev–Trinajstić information content (AvgIpc) is 2.57. The molecule has 0 bridgehead atoms. The molecule has 2 aromatic rings. The van der Waals surface area contributed by atoms with Crippen LogP contribution in [0.3, 0.4) is 0 Å². The lowest BCUT2D eigenvalue weighted by atomic mass is 10.3. The number of sulfonamides is 1. The Labute approximate surface area is 147 Å². The van der Waals surface area contributed by atoms with Crippen molar-refractivity contribution in [3.63, 3.8) is 0 Å². The second kappa shape index (κ2) is 7.56. The number of nitrogens with zero attached hydrogens (tertiary/aromatic N) is 4. The molecule has 0 aliphatic rings. The maximum atomic E-state index is 12.3. The van der Waals surface area contributed by atoms with E-state index in [1.165, 1.54) is 36.4 Å². The first-order valence-electron chi connectivity index (χ1n) is 6.52. The molecule has 0 unspecified atom stereocenters. The highest BCUT2D eigenvalue weighted by Crippen LogP contribution is 2.17. The van der Waals surface area contributed by atoms with Crippen molar-refractivity contribution >= 4 is 44.7 Å². The van der Waals surface area contributed by atoms with Gasteiger partial charge in [0.2, 0.25) is 5.71 Å². The van der Waals surface area contributed by atoms with Crippen LogP contribution >= 0.6 is 11.6 Å². The van der Waals surface area contributed by atoms with Crippen LogP contribution in [-0.2, 0) is 10.0 Å². The number of anilines is 2. The molecule has 0 saturated carbocycles. The fraction of sp³-hybridized carbons (Fsp3) is 0. The van der Waals surface area contributed by atoms with Gasteiger partial charge in [0.1, 0.15) is 6.07 Å². The minimum Gasteiger partial charge on any atom is -0.382 e. The highest BCUT2D eigenvalue weighted by molar-refractivity contribution is 7.92. The number of hydrogen-bond donors (Lipinski definition) is 4. The number of nitrogens with two attached hydrogens (primary N) is 1. The highest BCUT2D eigenvalue weighted by atomic mass is 35.5. The van der Waals surface area contributed by atoms with E-state index >= 15 is 0 Å². The van der Waals surface area contributed by atoms with Gasteiger partial charge in [0.25, 0.3) is 10.0 Å². The van der Waals surface area contributed by atoms with E-state index in [1.54, 1.807) is 6.07 Å². The predicted molar refractivity (Wildman–Crippen MR) is 92.9 cm³/mol. The molecule has 0 fully saturated rings. The largest absolute Gasteiger partial charge is 0.382 e. The van der Waals surface area contributed by atoms with Crippen molar-refractivity contribution in [1.29, 1.82) is 10.7 Å². The van der Waals surface area contributed by atoms with Crippen molar-refractivity contribution in [3.8, 4) is 6.07 Å². The van der Waals surface area contributed by atoms with E-state index in [4.69, 9.17) is 28.0 Å². The molecule has 0 aliphatic heterocycles. The molecule has 1 aromatic carbocycles. The molecule has 2 rings (SSSR count). The number of hydrogen-bond acceptors (Lipinski definition) is 8. The summed E-state index contributed by atoms with van der Waals surface area (Å²) in [5.74, 6) is -0.459. The lowest BCUT2D eigenvalue weighted by Crippen LogP contribution is -2.21. The van der Waals surface area contributed by atoms with Gasteiger partial charge in [-0.15, -0.1) is 10.2 Å². The van der Waals surface area contributed by atoms with Gasteiger partial charge in [0.15, 0.2) is 16.8 Å². The lowest BCUT2D eigenvalue weighted by Gasteiger charge is -2.07. The topological polar surface area (TPSA) is 170 Å². The van der Waals surface area contributed by atoms with Gasteiger partial charge in [-0.3, -0.25) is 15.6 Å². The standard InChI is InChI=1S/C13H11ClN8O2S/c14-11-5-6-12(21-20-11)22-25(23,24)9-3-1-8(2-4-9)18-19-10(7-15)13(16)17/h1-6,18H,(H3,16,17)(H,21,22)/b19-10+. The van der Waals surface area contributed by atoms with Gasteiger partial charge >= 0.3 is 0 Å². The number of hydrazone groups is 1. The number of benzene rings is 1. The Kier molecular flexibility index (Phi) is 5.48. The Morgan fingerprint density at radius 1 is 1.24 bits per heavy atom. The summed E-state index contributed by atoms with van der Waals surface area (Å²) in [5, 5.41) is 26.8. The zero-order valence-corrected chi connectivity index (χ0v) is 14.0. The zero-order valence-electron chi connectivity index (χ0n) is 12.4. The molecule has 1 aromatic heterocycles. The van der Waals surface area contributed by atoms with Crippen molar-refractivity contribution in [2.45, 2.75) is 4.90 Å². The molecule has 0 spiro atoms. The fourth-order valence-corrected chi connectivity index (χ4v) is 2.64. The second-order valence-corrected chi connectivity index (χ2v) is 6.54. The van der Waals surface area contributed by atoms with E-state index in [-0.39, 0.29) is 21.6 Å². The summed E-state index contributed by atoms with van der Waals surface area (Å²) in [6.07, 6.45) is 0. The molecule has 0 aliphatic carbocycles. The summed E-state index contributed by atoms with van der Waals surface area (Å²) >= 11 is 5.59. The molecule has 128 valence electrons. The smallest absolute Gasteiger partial charge is 0.263 e. The Bertz CT molecular complexity index is 949. The van der Waals surface area contributed by atoms with Crippen molar-refractivity contribution in [2.75, 3.05) is 10.1 Å². The summed E-state index contributed by atoms with van der Waals surface area (Å²) in [5.41, 5.74) is 7.77. The minimum atomic E-state index is -3.86. The van der Waals surface area contributed by atoms with Crippen molar-refractivity contribution in [3.05, 3.63) is 41.6 Å². The molecular weight excluding hydrogens is 368 g/mol. The molecule has 12 heteroatoms. The lowest BCUT2D eigenvalue weighted by molar-refractivity contribution is 0.601. The van der Waals surface area contributed by atoms with Gasteiger partial charge in [-0.2, -0.15) is 10.4 Å². The van der Waals surface area contributed by atoms with Gasteiger partial charge < -0.3 is 5.73 Å². The number of amidine groups is 1. The van der Waals surface area contributed by atoms with Crippen molar-refractivity contribution in [2.24, 2.45) is 10.8 Å². The van der Waals surface area contributed by atoms with Crippen LogP contribution in [0.1, 0.15) is 0 Å². The second-order valence-electron chi connectivity index (χ2n) is 4.47. The number of rotatable bonds is 6. The Morgan fingerprint density at radius 2 is 1.92 bits per heavy atom. The van der Waals surface area contributed by atoms with E-state index in [9.17, 15) is 8.42 Å². The Hall–Kier alpha value is -3.23. The van der Waals surface area contributed by atoms with E-state index in [0.717, 1.165) is 0 Å². The molecule has 25 heavy (non-hydrogen) atoms. The van der Waals surface area contributed by atoms with Gasteiger partial charge in [0.05, 0.1) is 10.6 Å². The number of aromatic nitrogens is 2. The summed E-state index contributed by atoms with van der Waals surface area (Å²) in [6, 6.07) is 9.94. The van der Waals surface area contributed by atoms with Crippen LogP contribution in [0.15, 0.2) is 46.4 Å². The zero-order chi connectivity index (χ0) is 18.4. The number of nitriles is 1. The van der Waals surface area contributed by atoms with E-state index < -0.39 is 15.9 Å². The molecule has 10 nitrogen and oxygen atoms in total. The number of halogens is 1. The van der Waals surface area contributed by atoms with Crippen LogP contribution in [0.25, 0.3) is 0 Å².